The molecule has 3 rings (SSSR count). The second-order valence-corrected chi connectivity index (χ2v) is 6.54. The molecule has 0 aliphatic rings. The minimum atomic E-state index is -5.08. The Kier molecular flexibility index (Phi) is 4.70. The predicted molar refractivity (Wildman–Crippen MR) is 95.7 cm³/mol. The van der Waals surface area contributed by atoms with Crippen LogP contribution in [-0.2, 0) is 5.60 Å². The third-order valence-corrected chi connectivity index (χ3v) is 4.56. The summed E-state index contributed by atoms with van der Waals surface area (Å²) in [6.45, 7) is 1.65. The lowest BCUT2D eigenvalue weighted by Gasteiger charge is -2.31. The number of phenolic OH excluding ortho intramolecular Hbond substituents is 1. The highest BCUT2D eigenvalue weighted by molar-refractivity contribution is 5.99. The maximum absolute atomic E-state index is 13.8. The van der Waals surface area contributed by atoms with Gasteiger partial charge in [0, 0.05) is 0 Å². The first-order valence-corrected chi connectivity index (χ1v) is 8.23. The van der Waals surface area contributed by atoms with Crippen molar-refractivity contribution in [3.8, 4) is 5.75 Å². The second-order valence-electron chi connectivity index (χ2n) is 6.54. The fourth-order valence-corrected chi connectivity index (χ4v) is 3.01. The van der Waals surface area contributed by atoms with E-state index in [1.807, 2.05) is 0 Å². The van der Waals surface area contributed by atoms with Gasteiger partial charge >= 0.3 is 6.18 Å². The number of Topliss-reactive ketones (excluding diaryl/α,β-unsaturated/α-hetero) is 1. The number of fused-ring (bicyclic) bond motifs is 1. The molecule has 0 unspecified atom stereocenters. The van der Waals surface area contributed by atoms with Gasteiger partial charge in [0.1, 0.15) is 5.75 Å². The van der Waals surface area contributed by atoms with E-state index in [2.05, 4.69) is 0 Å². The molecular formula is C21H17F3O3. The van der Waals surface area contributed by atoms with Crippen molar-refractivity contribution in [2.24, 2.45) is 0 Å². The van der Waals surface area contributed by atoms with E-state index in [-0.39, 0.29) is 5.56 Å². The van der Waals surface area contributed by atoms with Gasteiger partial charge in [-0.15, -0.1) is 0 Å². The van der Waals surface area contributed by atoms with Crippen molar-refractivity contribution in [2.75, 3.05) is 0 Å². The van der Waals surface area contributed by atoms with Crippen molar-refractivity contribution in [3.05, 3.63) is 77.4 Å². The number of carbonyl (C=O) groups is 1. The Bertz CT molecular complexity index is 1010. The molecule has 0 aliphatic carbocycles. The van der Waals surface area contributed by atoms with Gasteiger partial charge in [-0.25, -0.2) is 0 Å². The van der Waals surface area contributed by atoms with Crippen molar-refractivity contribution >= 4 is 16.6 Å². The van der Waals surface area contributed by atoms with Crippen molar-refractivity contribution in [1.82, 2.24) is 0 Å². The number of aliphatic hydroxyl groups is 1. The number of halogens is 3. The highest BCUT2D eigenvalue weighted by Gasteiger charge is 2.56. The number of aryl methyl sites for hydroxylation is 1. The number of hydrogen-bond acceptors (Lipinski definition) is 3. The minimum Gasteiger partial charge on any atom is -0.507 e. The van der Waals surface area contributed by atoms with Crippen LogP contribution in [0.4, 0.5) is 13.2 Å². The molecule has 0 bridgehead atoms. The van der Waals surface area contributed by atoms with Gasteiger partial charge < -0.3 is 10.2 Å². The number of ketones is 1. The fourth-order valence-electron chi connectivity index (χ4n) is 3.01. The largest absolute Gasteiger partial charge is 0.507 e. The molecule has 0 radical (unpaired) electrons. The SMILES string of the molecule is Cc1ccc(O)c(C(=O)C[C@](O)(c2ccc3ccccc3c2)C(F)(F)F)c1. The third-order valence-electron chi connectivity index (χ3n) is 4.56. The van der Waals surface area contributed by atoms with E-state index in [4.69, 9.17) is 0 Å². The van der Waals surface area contributed by atoms with E-state index < -0.39 is 35.3 Å². The lowest BCUT2D eigenvalue weighted by molar-refractivity contribution is -0.264. The van der Waals surface area contributed by atoms with Gasteiger partial charge in [-0.2, -0.15) is 13.2 Å². The summed E-state index contributed by atoms with van der Waals surface area (Å²) < 4.78 is 41.3. The van der Waals surface area contributed by atoms with Gasteiger partial charge in [-0.05, 0) is 41.5 Å². The van der Waals surface area contributed by atoms with Gasteiger partial charge in [0.2, 0.25) is 0 Å². The molecule has 3 nitrogen and oxygen atoms in total. The Balaban J connectivity index is 2.07. The molecule has 140 valence electrons. The number of phenols is 1. The van der Waals surface area contributed by atoms with Crippen LogP contribution in [0.3, 0.4) is 0 Å². The van der Waals surface area contributed by atoms with Crippen LogP contribution >= 0.6 is 0 Å². The molecule has 0 saturated heterocycles. The lowest BCUT2D eigenvalue weighted by Crippen LogP contribution is -2.44. The molecule has 0 saturated carbocycles. The summed E-state index contributed by atoms with van der Waals surface area (Å²) >= 11 is 0. The standard InChI is InChI=1S/C21H17F3O3/c1-13-6-9-18(25)17(10-13)19(26)12-20(27,21(22,23)24)16-8-7-14-4-2-3-5-15(14)11-16/h2-11,25,27H,12H2,1H3/t20-/m0/s1. The Hall–Kier alpha value is -2.86. The topological polar surface area (TPSA) is 57.5 Å². The molecule has 2 N–H and O–H groups in total. The molecular weight excluding hydrogens is 357 g/mol. The highest BCUT2D eigenvalue weighted by Crippen LogP contribution is 2.43. The molecule has 0 heterocycles. The van der Waals surface area contributed by atoms with Crippen LogP contribution in [0.2, 0.25) is 0 Å². The smallest absolute Gasteiger partial charge is 0.421 e. The zero-order valence-electron chi connectivity index (χ0n) is 14.4. The van der Waals surface area contributed by atoms with Crippen LogP contribution in [0.1, 0.15) is 27.9 Å². The summed E-state index contributed by atoms with van der Waals surface area (Å²) in [5.41, 5.74) is -3.44. The van der Waals surface area contributed by atoms with Crippen molar-refractivity contribution in [3.63, 3.8) is 0 Å². The first kappa shape index (κ1) is 18.9. The molecule has 3 aromatic carbocycles. The van der Waals surface area contributed by atoms with Gasteiger partial charge in [-0.1, -0.05) is 48.0 Å². The maximum atomic E-state index is 13.8. The van der Waals surface area contributed by atoms with Crippen molar-refractivity contribution in [2.45, 2.75) is 25.1 Å². The van der Waals surface area contributed by atoms with Gasteiger partial charge in [0.05, 0.1) is 12.0 Å². The average Bonchev–Trinajstić information content (AvgIpc) is 2.62. The molecule has 0 spiro atoms. The van der Waals surface area contributed by atoms with Crippen molar-refractivity contribution < 1.29 is 28.2 Å². The number of rotatable bonds is 4. The van der Waals surface area contributed by atoms with E-state index in [0.29, 0.717) is 16.3 Å². The number of hydrogen-bond donors (Lipinski definition) is 2. The van der Waals surface area contributed by atoms with Crippen LogP contribution in [0.15, 0.2) is 60.7 Å². The molecule has 0 aromatic heterocycles. The zero-order chi connectivity index (χ0) is 19.8. The van der Waals surface area contributed by atoms with Gasteiger partial charge in [-0.3, -0.25) is 4.79 Å². The number of benzene rings is 3. The van der Waals surface area contributed by atoms with Crippen LogP contribution < -0.4 is 0 Å². The summed E-state index contributed by atoms with van der Waals surface area (Å²) in [6.07, 6.45) is -6.31. The van der Waals surface area contributed by atoms with Crippen LogP contribution in [-0.4, -0.2) is 22.2 Å². The monoisotopic (exact) mass is 374 g/mol. The normalized spacial score (nSPS) is 14.1. The minimum absolute atomic E-state index is 0.251. The van der Waals surface area contributed by atoms with Gasteiger partial charge in [0.25, 0.3) is 0 Å². The van der Waals surface area contributed by atoms with E-state index in [1.165, 1.54) is 36.4 Å². The summed E-state index contributed by atoms with van der Waals surface area (Å²) in [6, 6.07) is 14.7. The number of aromatic hydroxyl groups is 1. The summed E-state index contributed by atoms with van der Waals surface area (Å²) in [5.74, 6) is -1.42. The third kappa shape index (κ3) is 3.53. The Morgan fingerprint density at radius 2 is 1.63 bits per heavy atom. The molecule has 3 aromatic rings. The van der Waals surface area contributed by atoms with Crippen LogP contribution in [0, 0.1) is 6.92 Å². The van der Waals surface area contributed by atoms with Crippen LogP contribution in [0.25, 0.3) is 10.8 Å². The van der Waals surface area contributed by atoms with E-state index in [0.717, 1.165) is 0 Å². The Morgan fingerprint density at radius 1 is 0.963 bits per heavy atom. The van der Waals surface area contributed by atoms with E-state index >= 15 is 0 Å². The van der Waals surface area contributed by atoms with E-state index in [1.54, 1.807) is 31.2 Å². The van der Waals surface area contributed by atoms with Crippen LogP contribution in [0.5, 0.6) is 5.75 Å². The quantitative estimate of drug-likeness (QED) is 0.640. The second kappa shape index (κ2) is 6.70. The Labute approximate surface area is 153 Å². The molecule has 6 heteroatoms. The lowest BCUT2D eigenvalue weighted by atomic mass is 9.85. The molecule has 0 fully saturated rings. The zero-order valence-corrected chi connectivity index (χ0v) is 14.4. The Morgan fingerprint density at radius 3 is 2.30 bits per heavy atom. The van der Waals surface area contributed by atoms with Gasteiger partial charge in [0.15, 0.2) is 11.4 Å². The van der Waals surface area contributed by atoms with E-state index in [9.17, 15) is 28.2 Å². The summed E-state index contributed by atoms with van der Waals surface area (Å²) in [5, 5.41) is 21.6. The molecule has 0 amide bonds. The molecule has 27 heavy (non-hydrogen) atoms. The summed E-state index contributed by atoms with van der Waals surface area (Å²) in [7, 11) is 0. The number of alkyl halides is 3. The summed E-state index contributed by atoms with van der Waals surface area (Å²) in [4.78, 5) is 12.5. The first-order valence-electron chi connectivity index (χ1n) is 8.23. The maximum Gasteiger partial charge on any atom is 0.421 e. The average molecular weight is 374 g/mol. The molecule has 1 atom stereocenters. The molecule has 0 aliphatic heterocycles. The predicted octanol–water partition coefficient (Wildman–Crippen LogP) is 4.88. The highest BCUT2D eigenvalue weighted by atomic mass is 19.4. The first-order chi connectivity index (χ1) is 12.6. The number of carbonyl (C=O) groups excluding carboxylic acids is 1. The van der Waals surface area contributed by atoms with Crippen molar-refractivity contribution in [1.29, 1.82) is 0 Å². The fraction of sp³-hybridized carbons (Fsp3) is 0.190.